The predicted molar refractivity (Wildman–Crippen MR) is 385 cm³/mol. The van der Waals surface area contributed by atoms with Crippen LogP contribution in [0.4, 0.5) is 0 Å². The highest BCUT2D eigenvalue weighted by atomic mass is 31.2. The normalized spacial score (nSPS) is 14.0. The van der Waals surface area contributed by atoms with Gasteiger partial charge < -0.3 is 28.5 Å². The van der Waals surface area contributed by atoms with Crippen molar-refractivity contribution in [3.63, 3.8) is 0 Å². The summed E-state index contributed by atoms with van der Waals surface area (Å²) in [6.45, 7) is 6.81. The number of likely N-dealkylation sites (N-methyl/N-ethyl adjacent to an activating group) is 1. The zero-order valence-electron chi connectivity index (χ0n) is 59.1. The zero-order chi connectivity index (χ0) is 64.9. The second-order valence-electron chi connectivity index (χ2n) is 26.4. The lowest BCUT2D eigenvalue weighted by molar-refractivity contribution is -0.870. The van der Waals surface area contributed by atoms with Crippen LogP contribution in [0, 0.1) is 0 Å². The molecule has 0 spiro atoms. The third-order valence-electron chi connectivity index (χ3n) is 16.5. The second kappa shape index (κ2) is 67.8. The average Bonchev–Trinajstić information content (AvgIpc) is 3.64. The summed E-state index contributed by atoms with van der Waals surface area (Å²) in [5.74, 6) is -0.543. The molecule has 0 bridgehead atoms. The first kappa shape index (κ1) is 85.9. The SMILES string of the molecule is CCCCC/C=C\C/C=C\C/C=C\C/C=C\CCCCCCCCCCCC(=O)OC(/C=C/CCCCCCCCCCC)C(COP(=O)([O-])OCC[N+](C)(C)C)NC(=O)CCCCCCCCCCCCCCCC/C=C\C/C=C\C/C=C\CCCCC. The van der Waals surface area contributed by atoms with Crippen molar-refractivity contribution in [2.24, 2.45) is 0 Å². The van der Waals surface area contributed by atoms with Gasteiger partial charge in [0, 0.05) is 12.8 Å². The van der Waals surface area contributed by atoms with Crippen molar-refractivity contribution in [1.29, 1.82) is 0 Å². The van der Waals surface area contributed by atoms with Gasteiger partial charge in [-0.25, -0.2) is 0 Å². The van der Waals surface area contributed by atoms with Crippen molar-refractivity contribution in [3.05, 3.63) is 97.2 Å². The number of nitrogens with zero attached hydrogens (tertiary/aromatic N) is 1. The molecule has 3 atom stereocenters. The highest BCUT2D eigenvalue weighted by Gasteiger charge is 2.27. The molecule has 0 aromatic carbocycles. The first-order valence-electron chi connectivity index (χ1n) is 37.5. The van der Waals surface area contributed by atoms with Crippen molar-refractivity contribution >= 4 is 19.7 Å². The summed E-state index contributed by atoms with van der Waals surface area (Å²) in [4.78, 5) is 40.2. The fraction of sp³-hybridized carbons (Fsp3) is 0.772. The molecule has 0 heterocycles. The van der Waals surface area contributed by atoms with E-state index >= 15 is 0 Å². The minimum atomic E-state index is -4.71. The number of unbranched alkanes of at least 4 members (excludes halogenated alkanes) is 38. The van der Waals surface area contributed by atoms with Crippen LogP contribution in [0.3, 0.4) is 0 Å². The van der Waals surface area contributed by atoms with E-state index in [1.807, 2.05) is 33.3 Å². The molecular formula is C79H143N2O7P. The number of hydrogen-bond acceptors (Lipinski definition) is 7. The van der Waals surface area contributed by atoms with Gasteiger partial charge in [-0.2, -0.15) is 0 Å². The number of phosphoric ester groups is 1. The Labute approximate surface area is 551 Å². The minimum Gasteiger partial charge on any atom is -0.756 e. The van der Waals surface area contributed by atoms with Gasteiger partial charge in [-0.1, -0.05) is 311 Å². The Morgan fingerprint density at radius 3 is 1.04 bits per heavy atom. The molecule has 10 heteroatoms. The smallest absolute Gasteiger partial charge is 0.306 e. The highest BCUT2D eigenvalue weighted by Crippen LogP contribution is 2.38. The fourth-order valence-electron chi connectivity index (χ4n) is 10.7. The Hall–Kier alpha value is -3.07. The molecule has 516 valence electrons. The van der Waals surface area contributed by atoms with Crippen molar-refractivity contribution in [2.75, 3.05) is 40.9 Å². The number of rotatable bonds is 68. The summed E-state index contributed by atoms with van der Waals surface area (Å²) in [6.07, 6.45) is 92.5. The maximum absolute atomic E-state index is 13.6. The molecule has 0 radical (unpaired) electrons. The van der Waals surface area contributed by atoms with Gasteiger partial charge in [0.15, 0.2) is 0 Å². The molecular weight excluding hydrogens is 1120 g/mol. The Balaban J connectivity index is 4.97. The van der Waals surface area contributed by atoms with Gasteiger partial charge in [0.05, 0.1) is 33.8 Å². The number of nitrogens with one attached hydrogen (secondary N) is 1. The van der Waals surface area contributed by atoms with Crippen molar-refractivity contribution in [2.45, 2.75) is 354 Å². The number of carbonyl (C=O) groups is 2. The minimum absolute atomic E-state index is 0.0263. The monoisotopic (exact) mass is 1260 g/mol. The quantitative estimate of drug-likeness (QED) is 0.0212. The Morgan fingerprint density at radius 1 is 0.393 bits per heavy atom. The van der Waals surface area contributed by atoms with Gasteiger partial charge in [-0.15, -0.1) is 0 Å². The molecule has 1 N–H and O–H groups in total. The van der Waals surface area contributed by atoms with E-state index < -0.39 is 26.6 Å². The van der Waals surface area contributed by atoms with Crippen LogP contribution in [0.1, 0.15) is 342 Å². The first-order chi connectivity index (χ1) is 43.4. The molecule has 89 heavy (non-hydrogen) atoms. The first-order valence-corrected chi connectivity index (χ1v) is 39.0. The second-order valence-corrected chi connectivity index (χ2v) is 27.9. The van der Waals surface area contributed by atoms with Gasteiger partial charge in [-0.05, 0) is 115 Å². The van der Waals surface area contributed by atoms with E-state index in [1.54, 1.807) is 0 Å². The standard InChI is InChI=1S/C79H143N2O7P/c1-7-10-13-16-19-22-25-27-29-31-33-35-37-39-40-42-43-45-47-49-51-53-56-59-62-65-68-71-78(82)80-76(75-87-89(84,85)86-74-73-81(4,5)6)77(70-67-64-61-58-55-24-21-18-15-12-9-3)88-79(83)72-69-66-63-60-57-54-52-50-48-46-44-41-38-36-34-32-30-28-26-23-20-17-14-11-8-2/h19-20,22-23,27-30,33-36,41,44,67,70,76-77H,7-18,21,24-26,31-32,37-40,42-43,45-66,68-69,71-75H2,1-6H3,(H-,80,82,84,85)/b22-19-,23-20-,29-27-,30-28-,35-33-,36-34-,44-41-,70-67+. The topological polar surface area (TPSA) is 114 Å². The zero-order valence-corrected chi connectivity index (χ0v) is 60.0. The van der Waals surface area contributed by atoms with Crippen LogP contribution in [0.2, 0.25) is 0 Å². The van der Waals surface area contributed by atoms with Gasteiger partial charge in [0.2, 0.25) is 5.91 Å². The number of esters is 1. The lowest BCUT2D eigenvalue weighted by Crippen LogP contribution is -2.47. The molecule has 3 unspecified atom stereocenters. The number of ether oxygens (including phenoxy) is 1. The number of phosphoric acid groups is 1. The summed E-state index contributed by atoms with van der Waals surface area (Å²) in [5, 5.41) is 3.05. The Kier molecular flexibility index (Phi) is 65.5. The third-order valence-corrected chi connectivity index (χ3v) is 17.5. The summed E-state index contributed by atoms with van der Waals surface area (Å²) >= 11 is 0. The van der Waals surface area contributed by atoms with E-state index in [0.29, 0.717) is 17.4 Å². The van der Waals surface area contributed by atoms with E-state index in [1.165, 1.54) is 205 Å². The molecule has 0 fully saturated rings. The maximum atomic E-state index is 13.6. The molecule has 0 aliphatic rings. The third kappa shape index (κ3) is 69.1. The van der Waals surface area contributed by atoms with E-state index in [-0.39, 0.29) is 24.9 Å². The average molecular weight is 1260 g/mol. The van der Waals surface area contributed by atoms with Crippen LogP contribution in [-0.4, -0.2) is 69.4 Å². The molecule has 0 saturated carbocycles. The van der Waals surface area contributed by atoms with Crippen molar-refractivity contribution in [3.8, 4) is 0 Å². The molecule has 0 aliphatic heterocycles. The lowest BCUT2D eigenvalue weighted by Gasteiger charge is -2.30. The van der Waals surface area contributed by atoms with E-state index in [4.69, 9.17) is 13.8 Å². The van der Waals surface area contributed by atoms with Crippen LogP contribution in [0.25, 0.3) is 0 Å². The van der Waals surface area contributed by atoms with Crippen LogP contribution >= 0.6 is 7.82 Å². The number of allylic oxidation sites excluding steroid dienone is 15. The van der Waals surface area contributed by atoms with Gasteiger partial charge in [0.25, 0.3) is 7.82 Å². The fourth-order valence-corrected chi connectivity index (χ4v) is 11.4. The molecule has 1 amide bonds. The number of quaternary nitrogens is 1. The number of hydrogen-bond donors (Lipinski definition) is 1. The summed E-state index contributed by atoms with van der Waals surface area (Å²) in [5.41, 5.74) is 0. The van der Waals surface area contributed by atoms with Crippen LogP contribution in [-0.2, 0) is 27.9 Å². The Morgan fingerprint density at radius 2 is 0.685 bits per heavy atom. The predicted octanol–water partition coefficient (Wildman–Crippen LogP) is 23.6. The lowest BCUT2D eigenvalue weighted by atomic mass is 10.0. The van der Waals surface area contributed by atoms with Crippen molar-refractivity contribution in [1.82, 2.24) is 5.32 Å². The van der Waals surface area contributed by atoms with Crippen molar-refractivity contribution < 1.29 is 37.3 Å². The molecule has 0 saturated heterocycles. The number of carbonyl (C=O) groups excluding carboxylic acids is 2. The maximum Gasteiger partial charge on any atom is 0.306 e. The molecule has 0 rings (SSSR count). The summed E-state index contributed by atoms with van der Waals surface area (Å²) in [7, 11) is 1.18. The largest absolute Gasteiger partial charge is 0.756 e. The number of amides is 1. The van der Waals surface area contributed by atoms with Gasteiger partial charge in [0.1, 0.15) is 19.3 Å². The molecule has 0 aliphatic carbocycles. The summed E-state index contributed by atoms with van der Waals surface area (Å²) < 4.78 is 30.5. The Bertz CT molecular complexity index is 1840. The van der Waals surface area contributed by atoms with Crippen LogP contribution < -0.4 is 10.2 Å². The highest BCUT2D eigenvalue weighted by molar-refractivity contribution is 7.45. The van der Waals surface area contributed by atoms with E-state index in [0.717, 1.165) is 103 Å². The van der Waals surface area contributed by atoms with E-state index in [2.05, 4.69) is 111 Å². The molecule has 9 nitrogen and oxygen atoms in total. The van der Waals surface area contributed by atoms with Gasteiger partial charge >= 0.3 is 5.97 Å². The molecule has 0 aromatic rings. The van der Waals surface area contributed by atoms with Gasteiger partial charge in [-0.3, -0.25) is 14.2 Å². The summed E-state index contributed by atoms with van der Waals surface area (Å²) in [6, 6.07) is -0.897. The van der Waals surface area contributed by atoms with Crippen LogP contribution in [0.5, 0.6) is 0 Å². The molecule has 0 aromatic heterocycles. The van der Waals surface area contributed by atoms with E-state index in [9.17, 15) is 19.0 Å². The van der Waals surface area contributed by atoms with Crippen LogP contribution in [0.15, 0.2) is 97.2 Å².